The fourth-order valence-corrected chi connectivity index (χ4v) is 2.15. The van der Waals surface area contributed by atoms with Crippen LogP contribution in [-0.4, -0.2) is 14.8 Å². The molecule has 0 aliphatic heterocycles. The van der Waals surface area contributed by atoms with E-state index in [1.165, 1.54) is 0 Å². The van der Waals surface area contributed by atoms with Gasteiger partial charge in [-0.3, -0.25) is 4.68 Å². The summed E-state index contributed by atoms with van der Waals surface area (Å²) < 4.78 is 1.81. The first kappa shape index (κ1) is 12.4. The highest BCUT2D eigenvalue weighted by molar-refractivity contribution is 5.54. The molecule has 0 saturated heterocycles. The zero-order valence-electron chi connectivity index (χ0n) is 11.3. The third-order valence-electron chi connectivity index (χ3n) is 3.29. The van der Waals surface area contributed by atoms with Crippen LogP contribution >= 0.6 is 0 Å². The third kappa shape index (κ3) is 2.40. The second kappa shape index (κ2) is 5.17. The van der Waals surface area contributed by atoms with Gasteiger partial charge in [-0.05, 0) is 11.6 Å². The predicted octanol–water partition coefficient (Wildman–Crippen LogP) is 2.66. The topological polar surface area (TPSA) is 56.7 Å². The van der Waals surface area contributed by atoms with Gasteiger partial charge in [-0.1, -0.05) is 48.5 Å². The van der Waals surface area contributed by atoms with Crippen molar-refractivity contribution < 1.29 is 0 Å². The Labute approximate surface area is 117 Å². The number of nitrogens with zero attached hydrogens (tertiary/aromatic N) is 3. The smallest absolute Gasteiger partial charge is 0.181 e. The second-order valence-electron chi connectivity index (χ2n) is 4.72. The molecule has 1 heterocycles. The van der Waals surface area contributed by atoms with E-state index < -0.39 is 0 Å². The molecule has 0 aliphatic rings. The summed E-state index contributed by atoms with van der Waals surface area (Å²) in [6.07, 6.45) is 0.684. The van der Waals surface area contributed by atoms with E-state index in [4.69, 9.17) is 5.73 Å². The number of aryl methyl sites for hydroxylation is 1. The van der Waals surface area contributed by atoms with Crippen LogP contribution in [0.2, 0.25) is 0 Å². The molecule has 0 bridgehead atoms. The summed E-state index contributed by atoms with van der Waals surface area (Å²) in [6.45, 7) is 0. The fraction of sp³-hybridized carbons (Fsp3) is 0.125. The first-order valence-electron chi connectivity index (χ1n) is 6.53. The Bertz CT molecular complexity index is 716. The minimum atomic E-state index is 0.684. The first-order chi connectivity index (χ1) is 9.74. The lowest BCUT2D eigenvalue weighted by atomic mass is 10.1. The molecule has 1 aromatic heterocycles. The van der Waals surface area contributed by atoms with Gasteiger partial charge in [0.15, 0.2) is 5.82 Å². The van der Waals surface area contributed by atoms with Crippen LogP contribution in [0.4, 0.5) is 5.69 Å². The lowest BCUT2D eigenvalue weighted by molar-refractivity contribution is 0.718. The summed E-state index contributed by atoms with van der Waals surface area (Å²) in [5.74, 6) is 1.65. The van der Waals surface area contributed by atoms with E-state index in [1.54, 1.807) is 0 Å². The normalized spacial score (nSPS) is 10.7. The minimum absolute atomic E-state index is 0.684. The van der Waals surface area contributed by atoms with Gasteiger partial charge in [0.1, 0.15) is 5.82 Å². The highest BCUT2D eigenvalue weighted by atomic mass is 15.3. The average molecular weight is 264 g/mol. The molecule has 100 valence electrons. The molecule has 2 N–H and O–H groups in total. The molecule has 0 atom stereocenters. The van der Waals surface area contributed by atoms with Gasteiger partial charge in [0.2, 0.25) is 0 Å². The number of nitrogens with two attached hydrogens (primary N) is 1. The Morgan fingerprint density at radius 1 is 1.00 bits per heavy atom. The minimum Gasteiger partial charge on any atom is -0.398 e. The van der Waals surface area contributed by atoms with E-state index in [0.29, 0.717) is 6.42 Å². The van der Waals surface area contributed by atoms with Gasteiger partial charge in [-0.15, -0.1) is 0 Å². The van der Waals surface area contributed by atoms with Crippen LogP contribution in [0.1, 0.15) is 11.4 Å². The average Bonchev–Trinajstić information content (AvgIpc) is 2.84. The van der Waals surface area contributed by atoms with E-state index in [-0.39, 0.29) is 0 Å². The van der Waals surface area contributed by atoms with Gasteiger partial charge in [-0.25, -0.2) is 4.98 Å². The zero-order valence-corrected chi connectivity index (χ0v) is 11.3. The Morgan fingerprint density at radius 2 is 1.70 bits per heavy atom. The quantitative estimate of drug-likeness (QED) is 0.740. The van der Waals surface area contributed by atoms with Crippen molar-refractivity contribution in [2.45, 2.75) is 6.42 Å². The van der Waals surface area contributed by atoms with Crippen molar-refractivity contribution >= 4 is 5.69 Å². The van der Waals surface area contributed by atoms with Crippen molar-refractivity contribution in [3.63, 3.8) is 0 Å². The van der Waals surface area contributed by atoms with Crippen LogP contribution < -0.4 is 5.73 Å². The number of hydrogen-bond donors (Lipinski definition) is 1. The van der Waals surface area contributed by atoms with Gasteiger partial charge in [0.05, 0.1) is 0 Å². The Kier molecular flexibility index (Phi) is 3.21. The van der Waals surface area contributed by atoms with Crippen molar-refractivity contribution in [2.24, 2.45) is 7.05 Å². The van der Waals surface area contributed by atoms with Gasteiger partial charge >= 0.3 is 0 Å². The number of hydrogen-bond acceptors (Lipinski definition) is 3. The number of anilines is 1. The summed E-state index contributed by atoms with van der Waals surface area (Å²) in [7, 11) is 1.91. The molecular weight excluding hydrogens is 248 g/mol. The maximum absolute atomic E-state index is 5.98. The molecular formula is C16H16N4. The van der Waals surface area contributed by atoms with Crippen LogP contribution in [-0.2, 0) is 13.5 Å². The molecule has 0 saturated carbocycles. The molecule has 20 heavy (non-hydrogen) atoms. The van der Waals surface area contributed by atoms with E-state index in [1.807, 2.05) is 66.3 Å². The van der Waals surface area contributed by atoms with Gasteiger partial charge in [-0.2, -0.15) is 5.10 Å². The van der Waals surface area contributed by atoms with E-state index in [0.717, 1.165) is 28.5 Å². The van der Waals surface area contributed by atoms with Crippen molar-refractivity contribution in [1.82, 2.24) is 14.8 Å². The SMILES string of the molecule is Cn1nc(-c2ccccc2)nc1Cc1ccccc1N. The summed E-state index contributed by atoms with van der Waals surface area (Å²) in [4.78, 5) is 4.61. The maximum atomic E-state index is 5.98. The first-order valence-corrected chi connectivity index (χ1v) is 6.53. The van der Waals surface area contributed by atoms with Crippen molar-refractivity contribution in [2.75, 3.05) is 5.73 Å². The summed E-state index contributed by atoms with van der Waals surface area (Å²) in [5, 5.41) is 4.47. The Balaban J connectivity index is 1.92. The number of rotatable bonds is 3. The van der Waals surface area contributed by atoms with Gasteiger partial charge < -0.3 is 5.73 Å². The van der Waals surface area contributed by atoms with Crippen LogP contribution in [0.3, 0.4) is 0 Å². The molecule has 3 aromatic rings. The van der Waals surface area contributed by atoms with Crippen molar-refractivity contribution in [3.8, 4) is 11.4 Å². The van der Waals surface area contributed by atoms with Crippen LogP contribution in [0, 0.1) is 0 Å². The summed E-state index contributed by atoms with van der Waals surface area (Å²) in [5.41, 5.74) is 8.86. The summed E-state index contributed by atoms with van der Waals surface area (Å²) in [6, 6.07) is 17.8. The molecule has 0 amide bonds. The lowest BCUT2D eigenvalue weighted by Gasteiger charge is -2.03. The van der Waals surface area contributed by atoms with Gasteiger partial charge in [0, 0.05) is 24.7 Å². The molecule has 4 heteroatoms. The van der Waals surface area contributed by atoms with Crippen molar-refractivity contribution in [3.05, 3.63) is 66.0 Å². The monoisotopic (exact) mass is 264 g/mol. The fourth-order valence-electron chi connectivity index (χ4n) is 2.15. The standard InChI is InChI=1S/C16H16N4/c1-20-15(11-13-9-5-6-10-14(13)17)18-16(19-20)12-7-3-2-4-8-12/h2-10H,11,17H2,1H3. The molecule has 0 spiro atoms. The van der Waals surface area contributed by atoms with Crippen molar-refractivity contribution in [1.29, 1.82) is 0 Å². The summed E-state index contributed by atoms with van der Waals surface area (Å²) >= 11 is 0. The van der Waals surface area contributed by atoms with E-state index in [9.17, 15) is 0 Å². The molecule has 4 nitrogen and oxygen atoms in total. The second-order valence-corrected chi connectivity index (χ2v) is 4.72. The highest BCUT2D eigenvalue weighted by Crippen LogP contribution is 2.18. The van der Waals surface area contributed by atoms with Crippen LogP contribution in [0.5, 0.6) is 0 Å². The van der Waals surface area contributed by atoms with E-state index >= 15 is 0 Å². The maximum Gasteiger partial charge on any atom is 0.181 e. The number of benzene rings is 2. The molecule has 0 radical (unpaired) electrons. The number of nitrogen functional groups attached to an aromatic ring is 1. The molecule has 3 rings (SSSR count). The largest absolute Gasteiger partial charge is 0.398 e. The molecule has 2 aromatic carbocycles. The van der Waals surface area contributed by atoms with Crippen LogP contribution in [0.25, 0.3) is 11.4 Å². The Hall–Kier alpha value is -2.62. The predicted molar refractivity (Wildman–Crippen MR) is 80.1 cm³/mol. The Morgan fingerprint density at radius 3 is 2.45 bits per heavy atom. The van der Waals surface area contributed by atoms with E-state index in [2.05, 4.69) is 10.1 Å². The number of aromatic nitrogens is 3. The highest BCUT2D eigenvalue weighted by Gasteiger charge is 2.10. The van der Waals surface area contributed by atoms with Gasteiger partial charge in [0.25, 0.3) is 0 Å². The van der Waals surface area contributed by atoms with Crippen LogP contribution in [0.15, 0.2) is 54.6 Å². The molecule has 0 aliphatic carbocycles. The molecule has 0 unspecified atom stereocenters. The lowest BCUT2D eigenvalue weighted by Crippen LogP contribution is -2.02. The molecule has 0 fully saturated rings. The third-order valence-corrected chi connectivity index (χ3v) is 3.29. The number of para-hydroxylation sites is 1. The zero-order chi connectivity index (χ0) is 13.9.